The van der Waals surface area contributed by atoms with E-state index in [0.717, 1.165) is 31.9 Å². The molecule has 0 aromatic carbocycles. The van der Waals surface area contributed by atoms with Crippen LogP contribution in [0.4, 0.5) is 0 Å². The van der Waals surface area contributed by atoms with Crippen LogP contribution >= 0.6 is 0 Å². The fourth-order valence-corrected chi connectivity index (χ4v) is 5.21. The summed E-state index contributed by atoms with van der Waals surface area (Å²) in [6.07, 6.45) is 9.75. The molecule has 0 aromatic rings. The highest BCUT2D eigenvalue weighted by Crippen LogP contribution is 2.47. The molecule has 0 heterocycles. The number of hydrogen-bond acceptors (Lipinski definition) is 3. The Morgan fingerprint density at radius 3 is 2.17 bits per heavy atom. The molecule has 0 aromatic heterocycles. The number of nitrogens with one attached hydrogen (secondary N) is 2. The number of guanidine groups is 1. The molecule has 0 spiro atoms. The zero-order valence-electron chi connectivity index (χ0n) is 15.0. The quantitative estimate of drug-likeness (QED) is 0.524. The van der Waals surface area contributed by atoms with Gasteiger partial charge in [0.1, 0.15) is 9.84 Å². The average molecular weight is 344 g/mol. The molecule has 2 aliphatic rings. The van der Waals surface area contributed by atoms with Crippen molar-refractivity contribution in [1.29, 1.82) is 0 Å². The van der Waals surface area contributed by atoms with Crippen molar-refractivity contribution >= 4 is 15.8 Å². The topological polar surface area (TPSA) is 70.6 Å². The first-order chi connectivity index (χ1) is 10.8. The van der Waals surface area contributed by atoms with Crippen molar-refractivity contribution in [1.82, 2.24) is 10.6 Å². The second kappa shape index (κ2) is 7.41. The van der Waals surface area contributed by atoms with Gasteiger partial charge >= 0.3 is 0 Å². The third-order valence-corrected chi connectivity index (χ3v) is 6.62. The molecule has 5 nitrogen and oxygen atoms in total. The highest BCUT2D eigenvalue weighted by molar-refractivity contribution is 7.90. The number of rotatable bonds is 8. The minimum absolute atomic E-state index is 0.105. The molecule has 0 aliphatic heterocycles. The minimum atomic E-state index is -2.93. The van der Waals surface area contributed by atoms with E-state index in [1.807, 2.05) is 0 Å². The number of hydrogen-bond donors (Lipinski definition) is 2. The van der Waals surface area contributed by atoms with E-state index in [1.165, 1.54) is 38.4 Å². The Balaban J connectivity index is 1.92. The zero-order chi connectivity index (χ0) is 17.0. The summed E-state index contributed by atoms with van der Waals surface area (Å²) in [7, 11) is -2.93. The van der Waals surface area contributed by atoms with Gasteiger partial charge in [-0.15, -0.1) is 0 Å². The molecule has 2 saturated carbocycles. The van der Waals surface area contributed by atoms with Crippen LogP contribution < -0.4 is 10.6 Å². The lowest BCUT2D eigenvalue weighted by Crippen LogP contribution is -2.43. The monoisotopic (exact) mass is 343 g/mol. The first kappa shape index (κ1) is 18.6. The van der Waals surface area contributed by atoms with Crippen LogP contribution in [0, 0.1) is 10.8 Å². The highest BCUT2D eigenvalue weighted by atomic mass is 32.2. The molecule has 0 saturated heterocycles. The summed E-state index contributed by atoms with van der Waals surface area (Å²) < 4.78 is 23.1. The predicted molar refractivity (Wildman–Crippen MR) is 96.6 cm³/mol. The van der Waals surface area contributed by atoms with E-state index >= 15 is 0 Å². The summed E-state index contributed by atoms with van der Waals surface area (Å²) in [5, 5.41) is 6.81. The maximum Gasteiger partial charge on any atom is 0.191 e. The second-order valence-electron chi connectivity index (χ2n) is 7.68. The van der Waals surface area contributed by atoms with E-state index in [9.17, 15) is 8.42 Å². The summed E-state index contributed by atoms with van der Waals surface area (Å²) in [6, 6.07) is 0. The molecule has 134 valence electrons. The molecule has 2 fully saturated rings. The normalized spacial score (nSPS) is 22.8. The molecule has 23 heavy (non-hydrogen) atoms. The van der Waals surface area contributed by atoms with Crippen molar-refractivity contribution < 1.29 is 8.42 Å². The first-order valence-electron chi connectivity index (χ1n) is 9.02. The molecule has 0 atom stereocenters. The van der Waals surface area contributed by atoms with Crippen LogP contribution in [0.25, 0.3) is 0 Å². The minimum Gasteiger partial charge on any atom is -0.357 e. The number of aliphatic imine (C=N–C) groups is 1. The summed E-state index contributed by atoms with van der Waals surface area (Å²) in [5.74, 6) is 1.11. The van der Waals surface area contributed by atoms with Crippen molar-refractivity contribution in [3.8, 4) is 0 Å². The van der Waals surface area contributed by atoms with E-state index in [4.69, 9.17) is 0 Å². The van der Waals surface area contributed by atoms with Crippen molar-refractivity contribution in [2.45, 2.75) is 58.8 Å². The molecule has 2 N–H and O–H groups in total. The zero-order valence-corrected chi connectivity index (χ0v) is 15.8. The first-order valence-corrected chi connectivity index (χ1v) is 11.1. The SMILES string of the molecule is CCNC(=NCC1(CS(C)(=O)=O)CC1)NCC1(CC)CCCC1. The van der Waals surface area contributed by atoms with Crippen molar-refractivity contribution in [3.05, 3.63) is 0 Å². The summed E-state index contributed by atoms with van der Waals surface area (Å²) in [5.41, 5.74) is 0.311. The van der Waals surface area contributed by atoms with Crippen molar-refractivity contribution in [3.63, 3.8) is 0 Å². The Labute approximate surface area is 141 Å². The van der Waals surface area contributed by atoms with Crippen LogP contribution in [0.1, 0.15) is 58.8 Å². The van der Waals surface area contributed by atoms with Gasteiger partial charge in [-0.1, -0.05) is 19.8 Å². The molecule has 6 heteroatoms. The van der Waals surface area contributed by atoms with Gasteiger partial charge in [0.25, 0.3) is 0 Å². The standard InChI is InChI=1S/C17H33N3O2S/c1-4-16(8-6-7-9-16)12-19-15(18-5-2)20-13-17(10-11-17)14-23(3,21)22/h4-14H2,1-3H3,(H2,18,19,20). The Morgan fingerprint density at radius 2 is 1.70 bits per heavy atom. The fraction of sp³-hybridized carbons (Fsp3) is 0.941. The van der Waals surface area contributed by atoms with Crippen LogP contribution in [-0.2, 0) is 9.84 Å². The van der Waals surface area contributed by atoms with Gasteiger partial charge in [-0.05, 0) is 44.4 Å². The molecular formula is C17H33N3O2S. The highest BCUT2D eigenvalue weighted by Gasteiger charge is 2.45. The van der Waals surface area contributed by atoms with Crippen LogP contribution in [0.5, 0.6) is 0 Å². The van der Waals surface area contributed by atoms with Crippen LogP contribution in [0.2, 0.25) is 0 Å². The summed E-state index contributed by atoms with van der Waals surface area (Å²) >= 11 is 0. The van der Waals surface area contributed by atoms with Crippen LogP contribution in [0.3, 0.4) is 0 Å². The molecule has 0 bridgehead atoms. The van der Waals surface area contributed by atoms with Gasteiger partial charge in [0.2, 0.25) is 0 Å². The van der Waals surface area contributed by atoms with Crippen molar-refractivity contribution in [2.24, 2.45) is 15.8 Å². The summed E-state index contributed by atoms with van der Waals surface area (Å²) in [6.45, 7) is 6.74. The molecule has 2 aliphatic carbocycles. The third-order valence-electron chi connectivity index (χ3n) is 5.49. The lowest BCUT2D eigenvalue weighted by molar-refractivity contribution is 0.283. The van der Waals surface area contributed by atoms with Gasteiger partial charge in [-0.3, -0.25) is 4.99 Å². The van der Waals surface area contributed by atoms with Crippen LogP contribution in [-0.4, -0.2) is 46.0 Å². The average Bonchev–Trinajstić information content (AvgIpc) is 3.06. The molecule has 0 radical (unpaired) electrons. The van der Waals surface area contributed by atoms with E-state index in [2.05, 4.69) is 29.5 Å². The van der Waals surface area contributed by atoms with E-state index in [-0.39, 0.29) is 11.2 Å². The van der Waals surface area contributed by atoms with Gasteiger partial charge in [0.15, 0.2) is 5.96 Å². The van der Waals surface area contributed by atoms with Gasteiger partial charge in [0, 0.05) is 31.3 Å². The van der Waals surface area contributed by atoms with Gasteiger partial charge in [-0.25, -0.2) is 8.42 Å². The van der Waals surface area contributed by atoms with Gasteiger partial charge in [-0.2, -0.15) is 0 Å². The van der Waals surface area contributed by atoms with E-state index < -0.39 is 9.84 Å². The largest absolute Gasteiger partial charge is 0.357 e. The Morgan fingerprint density at radius 1 is 1.04 bits per heavy atom. The molecule has 0 unspecified atom stereocenters. The van der Waals surface area contributed by atoms with Gasteiger partial charge in [0.05, 0.1) is 5.75 Å². The maximum atomic E-state index is 11.6. The Bertz CT molecular complexity index is 518. The number of sulfone groups is 1. The maximum absolute atomic E-state index is 11.6. The fourth-order valence-electron chi connectivity index (χ4n) is 3.72. The second-order valence-corrected chi connectivity index (χ2v) is 9.82. The van der Waals surface area contributed by atoms with Crippen LogP contribution in [0.15, 0.2) is 4.99 Å². The predicted octanol–water partition coefficient (Wildman–Crippen LogP) is 2.34. The molecule has 0 amide bonds. The lowest BCUT2D eigenvalue weighted by Gasteiger charge is -2.28. The summed E-state index contributed by atoms with van der Waals surface area (Å²) in [4.78, 5) is 4.69. The lowest BCUT2D eigenvalue weighted by atomic mass is 9.83. The Kier molecular flexibility index (Phi) is 5.98. The molecule has 2 rings (SSSR count). The van der Waals surface area contributed by atoms with Crippen molar-refractivity contribution in [2.75, 3.05) is 31.6 Å². The number of nitrogens with zero attached hydrogens (tertiary/aromatic N) is 1. The molecular weight excluding hydrogens is 310 g/mol. The van der Waals surface area contributed by atoms with Gasteiger partial charge < -0.3 is 10.6 Å². The third kappa shape index (κ3) is 5.66. The smallest absolute Gasteiger partial charge is 0.191 e. The van der Waals surface area contributed by atoms with E-state index in [1.54, 1.807) is 0 Å². The van der Waals surface area contributed by atoms with E-state index in [0.29, 0.717) is 12.0 Å². The Hall–Kier alpha value is -0.780.